The highest BCUT2D eigenvalue weighted by molar-refractivity contribution is 7.90. The maximum absolute atomic E-state index is 15.1. The number of benzene rings is 1. The zero-order chi connectivity index (χ0) is 27.4. The van der Waals surface area contributed by atoms with Crippen LogP contribution in [0.5, 0.6) is 0 Å². The van der Waals surface area contributed by atoms with Gasteiger partial charge in [-0.05, 0) is 37.8 Å². The first kappa shape index (κ1) is 25.3. The van der Waals surface area contributed by atoms with Crippen molar-refractivity contribution in [1.82, 2.24) is 29.9 Å². The van der Waals surface area contributed by atoms with Gasteiger partial charge in [-0.15, -0.1) is 0 Å². The SMILES string of the molecule is Cc1cc(Nc2nc(N(C)c3c(F)cc(S(C)(=O)=O)cc3F)nc(-c3cc(C#N)n(C)n3)c2C2CC2)n[nH]1. The fourth-order valence-corrected chi connectivity index (χ4v) is 4.76. The van der Waals surface area contributed by atoms with Crippen LogP contribution in [0.4, 0.5) is 32.1 Å². The summed E-state index contributed by atoms with van der Waals surface area (Å²) in [5.74, 6) is -1.28. The van der Waals surface area contributed by atoms with Crippen molar-refractivity contribution < 1.29 is 17.2 Å². The van der Waals surface area contributed by atoms with Crippen LogP contribution in [0.3, 0.4) is 0 Å². The van der Waals surface area contributed by atoms with Gasteiger partial charge in [0.15, 0.2) is 27.3 Å². The van der Waals surface area contributed by atoms with E-state index in [1.54, 1.807) is 19.2 Å². The molecule has 38 heavy (non-hydrogen) atoms. The number of hydrogen-bond acceptors (Lipinski definition) is 9. The smallest absolute Gasteiger partial charge is 0.232 e. The molecule has 0 radical (unpaired) electrons. The fourth-order valence-electron chi connectivity index (χ4n) is 4.12. The highest BCUT2D eigenvalue weighted by atomic mass is 32.2. The molecule has 0 saturated heterocycles. The van der Waals surface area contributed by atoms with Crippen molar-refractivity contribution >= 4 is 33.1 Å². The third-order valence-electron chi connectivity index (χ3n) is 6.16. The van der Waals surface area contributed by atoms with Crippen molar-refractivity contribution in [3.63, 3.8) is 0 Å². The summed E-state index contributed by atoms with van der Waals surface area (Å²) in [5, 5.41) is 24.1. The summed E-state index contributed by atoms with van der Waals surface area (Å²) in [6.45, 7) is 1.84. The van der Waals surface area contributed by atoms with Gasteiger partial charge in [0.2, 0.25) is 5.95 Å². The van der Waals surface area contributed by atoms with E-state index in [1.807, 2.05) is 6.92 Å². The summed E-state index contributed by atoms with van der Waals surface area (Å²) < 4.78 is 55.3. The number of anilines is 4. The van der Waals surface area contributed by atoms with E-state index >= 15 is 8.78 Å². The molecule has 0 unspecified atom stereocenters. The normalized spacial score (nSPS) is 13.4. The molecule has 1 saturated carbocycles. The first-order valence-corrected chi connectivity index (χ1v) is 13.4. The number of nitrogens with zero attached hydrogens (tertiary/aromatic N) is 7. The van der Waals surface area contributed by atoms with Crippen molar-refractivity contribution in [1.29, 1.82) is 5.26 Å². The van der Waals surface area contributed by atoms with E-state index in [4.69, 9.17) is 0 Å². The number of aryl methyl sites for hydroxylation is 2. The third-order valence-corrected chi connectivity index (χ3v) is 7.25. The highest BCUT2D eigenvalue weighted by Crippen LogP contribution is 2.48. The molecular weight excluding hydrogens is 516 g/mol. The minimum absolute atomic E-state index is 0.0757. The summed E-state index contributed by atoms with van der Waals surface area (Å²) in [6.07, 6.45) is 2.63. The highest BCUT2D eigenvalue weighted by Gasteiger charge is 2.34. The number of aromatic amines is 1. The van der Waals surface area contributed by atoms with Gasteiger partial charge in [0.05, 0.1) is 4.90 Å². The molecule has 3 aromatic heterocycles. The lowest BCUT2D eigenvalue weighted by atomic mass is 10.1. The number of nitrogens with one attached hydrogen (secondary N) is 2. The molecule has 14 heteroatoms. The van der Waals surface area contributed by atoms with Gasteiger partial charge < -0.3 is 10.2 Å². The van der Waals surface area contributed by atoms with Crippen LogP contribution in [0.15, 0.2) is 29.2 Å². The summed E-state index contributed by atoms with van der Waals surface area (Å²) in [7, 11) is -0.830. The Morgan fingerprint density at radius 1 is 1.18 bits per heavy atom. The lowest BCUT2D eigenvalue weighted by Crippen LogP contribution is -2.19. The van der Waals surface area contributed by atoms with Crippen LogP contribution < -0.4 is 10.2 Å². The third kappa shape index (κ3) is 4.68. The van der Waals surface area contributed by atoms with E-state index in [0.29, 0.717) is 28.7 Å². The molecule has 196 valence electrons. The summed E-state index contributed by atoms with van der Waals surface area (Å²) in [6, 6.07) is 6.95. The van der Waals surface area contributed by atoms with E-state index in [1.165, 1.54) is 11.7 Å². The van der Waals surface area contributed by atoms with Gasteiger partial charge in [-0.1, -0.05) is 0 Å². The Balaban J connectivity index is 1.71. The Morgan fingerprint density at radius 3 is 2.39 bits per heavy atom. The van der Waals surface area contributed by atoms with Crippen LogP contribution in [0.2, 0.25) is 0 Å². The molecule has 11 nitrogen and oxygen atoms in total. The topological polar surface area (TPSA) is 145 Å². The van der Waals surface area contributed by atoms with Gasteiger partial charge >= 0.3 is 0 Å². The second-order valence-corrected chi connectivity index (χ2v) is 11.2. The molecule has 0 amide bonds. The lowest BCUT2D eigenvalue weighted by molar-refractivity contribution is 0.569. The number of nitriles is 1. The maximum atomic E-state index is 15.1. The monoisotopic (exact) mass is 539 g/mol. The Kier molecular flexibility index (Phi) is 6.10. The number of hydrogen-bond donors (Lipinski definition) is 2. The summed E-state index contributed by atoms with van der Waals surface area (Å²) in [5.41, 5.74) is 2.15. The van der Waals surface area contributed by atoms with Crippen LogP contribution in [0.25, 0.3) is 11.4 Å². The number of H-pyrrole nitrogens is 1. The van der Waals surface area contributed by atoms with Gasteiger partial charge in [0.1, 0.15) is 34.7 Å². The summed E-state index contributed by atoms with van der Waals surface area (Å²) >= 11 is 0. The minimum atomic E-state index is -3.84. The van der Waals surface area contributed by atoms with E-state index in [-0.39, 0.29) is 11.9 Å². The number of sulfone groups is 1. The average molecular weight is 540 g/mol. The molecule has 0 bridgehead atoms. The van der Waals surface area contributed by atoms with Crippen molar-refractivity contribution in [3.8, 4) is 17.5 Å². The Labute approximate surface area is 217 Å². The molecule has 1 aliphatic rings. The molecule has 1 aromatic carbocycles. The predicted molar refractivity (Wildman–Crippen MR) is 135 cm³/mol. The van der Waals surface area contributed by atoms with Crippen molar-refractivity contribution in [3.05, 3.63) is 52.9 Å². The van der Waals surface area contributed by atoms with Gasteiger partial charge in [-0.25, -0.2) is 22.2 Å². The van der Waals surface area contributed by atoms with Crippen LogP contribution in [-0.4, -0.2) is 51.7 Å². The predicted octanol–water partition coefficient (Wildman–Crippen LogP) is 3.85. The first-order valence-electron chi connectivity index (χ1n) is 11.5. The molecule has 0 aliphatic heterocycles. The van der Waals surface area contributed by atoms with Crippen molar-refractivity contribution in [2.45, 2.75) is 30.6 Å². The number of rotatable bonds is 7. The molecular formula is C24H23F2N9O2S. The van der Waals surface area contributed by atoms with Gasteiger partial charge in [-0.2, -0.15) is 20.4 Å². The van der Waals surface area contributed by atoms with E-state index < -0.39 is 32.1 Å². The molecule has 0 spiro atoms. The molecule has 1 aliphatic carbocycles. The van der Waals surface area contributed by atoms with E-state index in [9.17, 15) is 13.7 Å². The Bertz CT molecular complexity index is 1700. The van der Waals surface area contributed by atoms with Crippen LogP contribution in [-0.2, 0) is 16.9 Å². The molecule has 3 heterocycles. The molecule has 2 N–H and O–H groups in total. The molecule has 0 atom stereocenters. The second kappa shape index (κ2) is 9.18. The minimum Gasteiger partial charge on any atom is -0.323 e. The molecule has 4 aromatic rings. The van der Waals surface area contributed by atoms with Crippen molar-refractivity contribution in [2.75, 3.05) is 23.5 Å². The van der Waals surface area contributed by atoms with E-state index in [0.717, 1.165) is 47.4 Å². The average Bonchev–Trinajstić information content (AvgIpc) is 3.49. The number of halogens is 2. The Morgan fingerprint density at radius 2 is 1.87 bits per heavy atom. The maximum Gasteiger partial charge on any atom is 0.232 e. The zero-order valence-corrected chi connectivity index (χ0v) is 21.7. The largest absolute Gasteiger partial charge is 0.323 e. The van der Waals surface area contributed by atoms with Gasteiger partial charge in [-0.3, -0.25) is 9.78 Å². The first-order chi connectivity index (χ1) is 18.0. The molecule has 1 fully saturated rings. The second-order valence-electron chi connectivity index (χ2n) is 9.19. The Hall–Kier alpha value is -4.38. The van der Waals surface area contributed by atoms with Crippen LogP contribution >= 0.6 is 0 Å². The zero-order valence-electron chi connectivity index (χ0n) is 20.9. The number of aromatic nitrogens is 6. The fraction of sp³-hybridized carbons (Fsp3) is 0.292. The van der Waals surface area contributed by atoms with Crippen LogP contribution in [0, 0.1) is 29.9 Å². The van der Waals surface area contributed by atoms with Gasteiger partial charge in [0, 0.05) is 43.7 Å². The van der Waals surface area contributed by atoms with Crippen LogP contribution in [0.1, 0.15) is 35.7 Å². The quantitative estimate of drug-likeness (QED) is 0.358. The van der Waals surface area contributed by atoms with Crippen molar-refractivity contribution in [2.24, 2.45) is 7.05 Å². The standard InChI is InChI=1S/C24H23F2N9O2S/c1-12-7-19(32-31-12)28-23-20(13-5-6-13)21(18-8-14(11-27)35(3)33-18)29-24(30-23)34(2)22-16(25)9-15(10-17(22)26)38(4,36)37/h7-10,13H,5-6H2,1-4H3,(H2,28,29,30,31,32). The van der Waals surface area contributed by atoms with E-state index in [2.05, 4.69) is 36.7 Å². The molecule has 5 rings (SSSR count). The van der Waals surface area contributed by atoms with Gasteiger partial charge in [0.25, 0.3) is 0 Å². The lowest BCUT2D eigenvalue weighted by Gasteiger charge is -2.22. The summed E-state index contributed by atoms with van der Waals surface area (Å²) in [4.78, 5) is 9.86.